The third kappa shape index (κ3) is 5.79. The number of benzene rings is 2. The molecule has 0 aromatic heterocycles. The minimum absolute atomic E-state index is 0.00292. The van der Waals surface area contributed by atoms with E-state index in [4.69, 9.17) is 0 Å². The summed E-state index contributed by atoms with van der Waals surface area (Å²) in [6.45, 7) is 0.708. The van der Waals surface area contributed by atoms with Crippen molar-refractivity contribution in [3.05, 3.63) is 54.1 Å². The molecule has 2 aromatic carbocycles. The Bertz CT molecular complexity index is 1260. The van der Waals surface area contributed by atoms with Crippen LogP contribution in [-0.2, 0) is 35.9 Å². The molecule has 2 aliphatic rings. The van der Waals surface area contributed by atoms with Crippen molar-refractivity contribution in [3.8, 4) is 0 Å². The first kappa shape index (κ1) is 23.4. The van der Waals surface area contributed by atoms with Crippen molar-refractivity contribution in [1.82, 2.24) is 4.72 Å². The number of carbonyl (C=O) groups excluding carboxylic acids is 2. The molecule has 2 saturated heterocycles. The third-order valence-electron chi connectivity index (χ3n) is 5.69. The predicted octanol–water partition coefficient (Wildman–Crippen LogP) is 1.46. The number of nitrogens with zero attached hydrogens (tertiary/aromatic N) is 1. The number of amides is 2. The molecule has 2 heterocycles. The molecule has 2 aromatic rings. The number of anilines is 2. The Morgan fingerprint density at radius 2 is 1.76 bits per heavy atom. The maximum absolute atomic E-state index is 12.5. The van der Waals surface area contributed by atoms with Crippen LogP contribution in [0, 0.1) is 0 Å². The highest BCUT2D eigenvalue weighted by Gasteiger charge is 2.31. The van der Waals surface area contributed by atoms with Crippen LogP contribution in [0.1, 0.15) is 24.8 Å². The van der Waals surface area contributed by atoms with E-state index in [0.29, 0.717) is 18.7 Å². The molecular formula is C22H25N3O6S2. The summed E-state index contributed by atoms with van der Waals surface area (Å²) in [6.07, 6.45) is 1.79. The van der Waals surface area contributed by atoms with Gasteiger partial charge >= 0.3 is 0 Å². The highest BCUT2D eigenvalue weighted by molar-refractivity contribution is 7.92. The smallest absolute Gasteiger partial charge is 0.240 e. The molecule has 0 saturated carbocycles. The Labute approximate surface area is 193 Å². The largest absolute Gasteiger partial charge is 0.326 e. The fourth-order valence-electron chi connectivity index (χ4n) is 4.00. The maximum atomic E-state index is 12.5. The molecule has 176 valence electrons. The molecule has 9 nitrogen and oxygen atoms in total. The number of sulfone groups is 1. The second-order valence-electron chi connectivity index (χ2n) is 8.29. The molecule has 4 rings (SSSR count). The third-order valence-corrected chi connectivity index (χ3v) is 8.99. The predicted molar refractivity (Wildman–Crippen MR) is 124 cm³/mol. The molecule has 2 aliphatic heterocycles. The summed E-state index contributed by atoms with van der Waals surface area (Å²) in [5, 5.41) is 2.73. The highest BCUT2D eigenvalue weighted by Crippen LogP contribution is 2.22. The van der Waals surface area contributed by atoms with E-state index in [1.165, 1.54) is 24.3 Å². The lowest BCUT2D eigenvalue weighted by Crippen LogP contribution is -2.35. The zero-order valence-corrected chi connectivity index (χ0v) is 19.5. The molecule has 2 amide bonds. The monoisotopic (exact) mass is 491 g/mol. The lowest BCUT2D eigenvalue weighted by molar-refractivity contribution is -0.117. The highest BCUT2D eigenvalue weighted by atomic mass is 32.2. The number of sulfonamides is 1. The van der Waals surface area contributed by atoms with Gasteiger partial charge in [-0.15, -0.1) is 0 Å². The lowest BCUT2D eigenvalue weighted by Gasteiger charge is -2.16. The van der Waals surface area contributed by atoms with Gasteiger partial charge in [-0.25, -0.2) is 21.6 Å². The van der Waals surface area contributed by atoms with Crippen LogP contribution < -0.4 is 14.9 Å². The van der Waals surface area contributed by atoms with Crippen molar-refractivity contribution in [2.45, 2.75) is 36.6 Å². The first-order valence-electron chi connectivity index (χ1n) is 10.6. The van der Waals surface area contributed by atoms with Crippen LogP contribution in [0.2, 0.25) is 0 Å². The fourth-order valence-corrected chi connectivity index (χ4v) is 7.05. The van der Waals surface area contributed by atoms with Gasteiger partial charge in [-0.1, -0.05) is 12.1 Å². The van der Waals surface area contributed by atoms with Crippen LogP contribution in [0.25, 0.3) is 0 Å². The van der Waals surface area contributed by atoms with E-state index in [-0.39, 0.29) is 41.1 Å². The van der Waals surface area contributed by atoms with Crippen molar-refractivity contribution in [2.75, 3.05) is 28.3 Å². The lowest BCUT2D eigenvalue weighted by atomic mass is 10.1. The second-order valence-corrected chi connectivity index (χ2v) is 12.2. The first-order valence-corrected chi connectivity index (χ1v) is 13.9. The average Bonchev–Trinajstić information content (AvgIpc) is 3.33. The zero-order valence-electron chi connectivity index (χ0n) is 17.9. The summed E-state index contributed by atoms with van der Waals surface area (Å²) < 4.78 is 50.5. The summed E-state index contributed by atoms with van der Waals surface area (Å²) in [6, 6.07) is 12.3. The molecular weight excluding hydrogens is 466 g/mol. The quantitative estimate of drug-likeness (QED) is 0.603. The van der Waals surface area contributed by atoms with Gasteiger partial charge in [0, 0.05) is 30.4 Å². The van der Waals surface area contributed by atoms with Crippen LogP contribution in [0.5, 0.6) is 0 Å². The van der Waals surface area contributed by atoms with Crippen LogP contribution in [0.3, 0.4) is 0 Å². The number of hydrogen-bond acceptors (Lipinski definition) is 6. The summed E-state index contributed by atoms with van der Waals surface area (Å²) >= 11 is 0. The standard InChI is InChI=1S/C22H25N3O6S2/c26-21(14-16-3-7-19(8-4-16)25-12-1-2-22(25)27)23-17-5-9-20(10-6-17)33(30,31)24-18-11-13-32(28,29)15-18/h3-10,18,24H,1-2,11-15H2,(H,23,26)/t18-/m1/s1. The van der Waals surface area contributed by atoms with Gasteiger partial charge in [-0.2, -0.15) is 0 Å². The van der Waals surface area contributed by atoms with Gasteiger partial charge in [-0.3, -0.25) is 9.59 Å². The van der Waals surface area contributed by atoms with Gasteiger partial charge < -0.3 is 10.2 Å². The first-order chi connectivity index (χ1) is 15.6. The Kier molecular flexibility index (Phi) is 6.55. The van der Waals surface area contributed by atoms with Gasteiger partial charge in [0.15, 0.2) is 9.84 Å². The SMILES string of the molecule is O=C(Cc1ccc(N2CCCC2=O)cc1)Nc1ccc(S(=O)(=O)N[C@@H]2CCS(=O)(=O)C2)cc1. The number of rotatable bonds is 7. The normalized spacial score (nSPS) is 20.2. The van der Waals surface area contributed by atoms with Crippen molar-refractivity contribution in [1.29, 1.82) is 0 Å². The van der Waals surface area contributed by atoms with Gasteiger partial charge in [-0.05, 0) is 54.8 Å². The summed E-state index contributed by atoms with van der Waals surface area (Å²) in [4.78, 5) is 26.0. The topological polar surface area (TPSA) is 130 Å². The van der Waals surface area contributed by atoms with E-state index in [1.807, 2.05) is 24.3 Å². The molecule has 11 heteroatoms. The Morgan fingerprint density at radius 1 is 1.06 bits per heavy atom. The summed E-state index contributed by atoms with van der Waals surface area (Å²) in [7, 11) is -7.06. The fraction of sp³-hybridized carbons (Fsp3) is 0.364. The average molecular weight is 492 g/mol. The van der Waals surface area contributed by atoms with Crippen molar-refractivity contribution < 1.29 is 26.4 Å². The number of hydrogen-bond donors (Lipinski definition) is 2. The van der Waals surface area contributed by atoms with E-state index in [2.05, 4.69) is 10.0 Å². The van der Waals surface area contributed by atoms with Crippen LogP contribution >= 0.6 is 0 Å². The molecule has 0 spiro atoms. The Morgan fingerprint density at radius 3 is 2.33 bits per heavy atom. The van der Waals surface area contributed by atoms with Crippen molar-refractivity contribution in [2.24, 2.45) is 0 Å². The second kappa shape index (κ2) is 9.24. The van der Waals surface area contributed by atoms with E-state index >= 15 is 0 Å². The molecule has 0 bridgehead atoms. The molecule has 2 N–H and O–H groups in total. The zero-order chi connectivity index (χ0) is 23.6. The summed E-state index contributed by atoms with van der Waals surface area (Å²) in [5.74, 6) is -0.376. The van der Waals surface area contributed by atoms with Crippen LogP contribution in [0.15, 0.2) is 53.4 Å². The number of nitrogens with one attached hydrogen (secondary N) is 2. The maximum Gasteiger partial charge on any atom is 0.240 e. The molecule has 0 radical (unpaired) electrons. The van der Waals surface area contributed by atoms with Crippen molar-refractivity contribution >= 4 is 43.0 Å². The van der Waals surface area contributed by atoms with Gasteiger partial charge in [0.1, 0.15) is 0 Å². The van der Waals surface area contributed by atoms with E-state index < -0.39 is 25.9 Å². The molecule has 33 heavy (non-hydrogen) atoms. The Balaban J connectivity index is 1.33. The molecule has 1 atom stereocenters. The molecule has 0 aliphatic carbocycles. The number of carbonyl (C=O) groups is 2. The molecule has 0 unspecified atom stereocenters. The van der Waals surface area contributed by atoms with Crippen LogP contribution in [0.4, 0.5) is 11.4 Å². The Hall–Kier alpha value is -2.76. The minimum atomic E-state index is -3.86. The molecule has 2 fully saturated rings. The summed E-state index contributed by atoms with van der Waals surface area (Å²) in [5.41, 5.74) is 2.06. The van der Waals surface area contributed by atoms with E-state index in [0.717, 1.165) is 17.7 Å². The van der Waals surface area contributed by atoms with E-state index in [9.17, 15) is 26.4 Å². The van der Waals surface area contributed by atoms with Gasteiger partial charge in [0.05, 0.1) is 22.8 Å². The minimum Gasteiger partial charge on any atom is -0.326 e. The van der Waals surface area contributed by atoms with Crippen LogP contribution in [-0.4, -0.2) is 52.7 Å². The van der Waals surface area contributed by atoms with Crippen molar-refractivity contribution in [3.63, 3.8) is 0 Å². The van der Waals surface area contributed by atoms with E-state index in [1.54, 1.807) is 4.90 Å². The van der Waals surface area contributed by atoms with Gasteiger partial charge in [0.2, 0.25) is 21.8 Å². The van der Waals surface area contributed by atoms with Gasteiger partial charge in [0.25, 0.3) is 0 Å².